The summed E-state index contributed by atoms with van der Waals surface area (Å²) in [7, 11) is 0. The van der Waals surface area contributed by atoms with Gasteiger partial charge >= 0.3 is 0 Å². The van der Waals surface area contributed by atoms with Crippen molar-refractivity contribution in [2.24, 2.45) is 5.84 Å². The van der Waals surface area contributed by atoms with E-state index in [9.17, 15) is 4.39 Å². The van der Waals surface area contributed by atoms with Crippen LogP contribution in [0.1, 0.15) is 17.2 Å². The summed E-state index contributed by atoms with van der Waals surface area (Å²) < 4.78 is 13.7. The quantitative estimate of drug-likeness (QED) is 0.673. The van der Waals surface area contributed by atoms with Crippen molar-refractivity contribution in [1.82, 2.24) is 10.4 Å². The van der Waals surface area contributed by atoms with E-state index in [-0.39, 0.29) is 11.9 Å². The third-order valence-corrected chi connectivity index (χ3v) is 3.36. The highest BCUT2D eigenvalue weighted by Crippen LogP contribution is 2.26. The Morgan fingerprint density at radius 2 is 2.11 bits per heavy atom. The topological polar surface area (TPSA) is 50.9 Å². The smallest absolute Gasteiger partial charge is 0.126 e. The van der Waals surface area contributed by atoms with E-state index in [1.807, 2.05) is 0 Å². The Morgan fingerprint density at radius 3 is 2.79 bits per heavy atom. The van der Waals surface area contributed by atoms with Crippen LogP contribution in [-0.2, 0) is 6.42 Å². The second-order valence-corrected chi connectivity index (χ2v) is 4.90. The van der Waals surface area contributed by atoms with E-state index in [0.717, 1.165) is 5.56 Å². The molecule has 0 saturated carbocycles. The molecule has 100 valence electrons. The Labute approximate surface area is 120 Å². The number of hydrogen-bond acceptors (Lipinski definition) is 3. The van der Waals surface area contributed by atoms with E-state index in [0.29, 0.717) is 22.0 Å². The first kappa shape index (κ1) is 14.2. The second kappa shape index (κ2) is 6.30. The minimum atomic E-state index is -0.324. The van der Waals surface area contributed by atoms with Crippen molar-refractivity contribution in [3.8, 4) is 0 Å². The molecule has 0 saturated heterocycles. The van der Waals surface area contributed by atoms with Crippen LogP contribution in [0.3, 0.4) is 0 Å². The van der Waals surface area contributed by atoms with Gasteiger partial charge in [-0.25, -0.2) is 4.39 Å². The van der Waals surface area contributed by atoms with Crippen LogP contribution in [0.2, 0.25) is 10.0 Å². The molecule has 0 aliphatic heterocycles. The number of hydrazine groups is 1. The third-order valence-electron chi connectivity index (χ3n) is 2.81. The fraction of sp³-hybridized carbons (Fsp3) is 0.154. The highest BCUT2D eigenvalue weighted by molar-refractivity contribution is 6.31. The Kier molecular flexibility index (Phi) is 4.71. The highest BCUT2D eigenvalue weighted by Gasteiger charge is 2.16. The van der Waals surface area contributed by atoms with Gasteiger partial charge in [-0.15, -0.1) is 0 Å². The largest absolute Gasteiger partial charge is 0.271 e. The number of rotatable bonds is 4. The molecule has 0 amide bonds. The lowest BCUT2D eigenvalue weighted by Crippen LogP contribution is -2.30. The molecule has 1 aromatic heterocycles. The number of benzene rings is 1. The highest BCUT2D eigenvalue weighted by atomic mass is 35.5. The normalized spacial score (nSPS) is 12.4. The van der Waals surface area contributed by atoms with Gasteiger partial charge in [-0.1, -0.05) is 23.2 Å². The summed E-state index contributed by atoms with van der Waals surface area (Å²) in [5.41, 5.74) is 3.87. The first-order valence-corrected chi connectivity index (χ1v) is 6.37. The van der Waals surface area contributed by atoms with Crippen molar-refractivity contribution < 1.29 is 4.39 Å². The van der Waals surface area contributed by atoms with Crippen LogP contribution in [0.5, 0.6) is 0 Å². The summed E-state index contributed by atoms with van der Waals surface area (Å²) in [5, 5.41) is 0.959. The van der Waals surface area contributed by atoms with Gasteiger partial charge in [0.2, 0.25) is 0 Å². The van der Waals surface area contributed by atoms with Gasteiger partial charge in [-0.05, 0) is 41.8 Å². The summed E-state index contributed by atoms with van der Waals surface area (Å²) in [6, 6.07) is 5.85. The predicted molar refractivity (Wildman–Crippen MR) is 74.4 cm³/mol. The van der Waals surface area contributed by atoms with E-state index < -0.39 is 0 Å². The maximum absolute atomic E-state index is 13.7. The van der Waals surface area contributed by atoms with Gasteiger partial charge in [-0.2, -0.15) is 0 Å². The molecule has 3 nitrogen and oxygen atoms in total. The van der Waals surface area contributed by atoms with E-state index in [4.69, 9.17) is 29.0 Å². The van der Waals surface area contributed by atoms with Crippen LogP contribution < -0.4 is 11.3 Å². The van der Waals surface area contributed by atoms with Gasteiger partial charge < -0.3 is 0 Å². The van der Waals surface area contributed by atoms with Crippen LogP contribution in [-0.4, -0.2) is 4.98 Å². The van der Waals surface area contributed by atoms with E-state index in [1.165, 1.54) is 18.3 Å². The first-order valence-electron chi connectivity index (χ1n) is 5.61. The predicted octanol–water partition coefficient (Wildman–Crippen LogP) is 3.27. The molecule has 2 aromatic rings. The molecule has 1 unspecified atom stereocenters. The summed E-state index contributed by atoms with van der Waals surface area (Å²) in [6.07, 6.45) is 3.47. The van der Waals surface area contributed by atoms with Crippen LogP contribution in [0.15, 0.2) is 36.7 Å². The maximum Gasteiger partial charge on any atom is 0.126 e. The number of nitrogens with one attached hydrogen (secondary N) is 1. The lowest BCUT2D eigenvalue weighted by Gasteiger charge is -2.18. The second-order valence-electron chi connectivity index (χ2n) is 4.06. The van der Waals surface area contributed by atoms with E-state index >= 15 is 0 Å². The minimum Gasteiger partial charge on any atom is -0.271 e. The standard InChI is InChI=1S/C13H12Cl2FN3/c14-9-1-2-12(16)8(5-9)6-13(19-17)10-3-4-18-7-11(10)15/h1-5,7,13,19H,6,17H2. The number of nitrogens with two attached hydrogens (primary N) is 1. The number of halogens is 3. The average Bonchev–Trinajstić information content (AvgIpc) is 2.41. The van der Waals surface area contributed by atoms with Crippen LogP contribution in [0, 0.1) is 5.82 Å². The molecular weight excluding hydrogens is 288 g/mol. The third kappa shape index (κ3) is 3.42. The summed E-state index contributed by atoms with van der Waals surface area (Å²) in [6.45, 7) is 0. The molecular formula is C13H12Cl2FN3. The summed E-state index contributed by atoms with van der Waals surface area (Å²) in [5.74, 6) is 5.20. The summed E-state index contributed by atoms with van der Waals surface area (Å²) >= 11 is 11.9. The molecule has 0 fully saturated rings. The molecule has 19 heavy (non-hydrogen) atoms. The molecule has 1 atom stereocenters. The Hall–Kier alpha value is -1.20. The zero-order chi connectivity index (χ0) is 13.8. The van der Waals surface area contributed by atoms with Crippen molar-refractivity contribution in [2.75, 3.05) is 0 Å². The number of hydrogen-bond donors (Lipinski definition) is 2. The average molecular weight is 300 g/mol. The molecule has 3 N–H and O–H groups in total. The van der Waals surface area contributed by atoms with Gasteiger partial charge in [0, 0.05) is 17.4 Å². The Morgan fingerprint density at radius 1 is 1.32 bits per heavy atom. The lowest BCUT2D eigenvalue weighted by molar-refractivity contribution is 0.529. The zero-order valence-electron chi connectivity index (χ0n) is 9.91. The Bertz CT molecular complexity index is 578. The van der Waals surface area contributed by atoms with Crippen LogP contribution >= 0.6 is 23.2 Å². The van der Waals surface area contributed by atoms with Crippen molar-refractivity contribution >= 4 is 23.2 Å². The van der Waals surface area contributed by atoms with Gasteiger partial charge in [0.1, 0.15) is 5.82 Å². The van der Waals surface area contributed by atoms with Gasteiger partial charge in [-0.3, -0.25) is 16.3 Å². The van der Waals surface area contributed by atoms with E-state index in [1.54, 1.807) is 18.3 Å². The van der Waals surface area contributed by atoms with Gasteiger partial charge in [0.25, 0.3) is 0 Å². The van der Waals surface area contributed by atoms with Crippen molar-refractivity contribution in [1.29, 1.82) is 0 Å². The molecule has 0 radical (unpaired) electrons. The lowest BCUT2D eigenvalue weighted by atomic mass is 10.00. The SMILES string of the molecule is NNC(Cc1cc(Cl)ccc1F)c1ccncc1Cl. The number of pyridine rings is 1. The van der Waals surface area contributed by atoms with Gasteiger partial charge in [0.05, 0.1) is 11.1 Å². The minimum absolute atomic E-state index is 0.316. The number of nitrogens with zero attached hydrogens (tertiary/aromatic N) is 1. The Balaban J connectivity index is 2.29. The molecule has 6 heteroatoms. The fourth-order valence-corrected chi connectivity index (χ4v) is 2.29. The number of aromatic nitrogens is 1. The molecule has 1 heterocycles. The maximum atomic E-state index is 13.7. The zero-order valence-corrected chi connectivity index (χ0v) is 11.4. The molecule has 0 spiro atoms. The molecule has 0 aliphatic carbocycles. The first-order chi connectivity index (χ1) is 9.11. The molecule has 2 rings (SSSR count). The fourth-order valence-electron chi connectivity index (χ4n) is 1.85. The van der Waals surface area contributed by atoms with Gasteiger partial charge in [0.15, 0.2) is 0 Å². The molecule has 1 aromatic carbocycles. The molecule has 0 bridgehead atoms. The van der Waals surface area contributed by atoms with Crippen molar-refractivity contribution in [2.45, 2.75) is 12.5 Å². The monoisotopic (exact) mass is 299 g/mol. The molecule has 0 aliphatic rings. The van der Waals surface area contributed by atoms with Crippen LogP contribution in [0.4, 0.5) is 4.39 Å². The van der Waals surface area contributed by atoms with E-state index in [2.05, 4.69) is 10.4 Å². The van der Waals surface area contributed by atoms with Crippen LogP contribution in [0.25, 0.3) is 0 Å². The van der Waals surface area contributed by atoms with Crippen molar-refractivity contribution in [3.63, 3.8) is 0 Å². The summed E-state index contributed by atoms with van der Waals surface area (Å²) in [4.78, 5) is 3.90. The van der Waals surface area contributed by atoms with Crippen molar-refractivity contribution in [3.05, 3.63) is 63.6 Å².